The van der Waals surface area contributed by atoms with Crippen molar-refractivity contribution >= 4 is 21.4 Å². The molecule has 0 radical (unpaired) electrons. The largest absolute Gasteiger partial charge is 0.297 e. The average Bonchev–Trinajstić information content (AvgIpc) is 2.98. The van der Waals surface area contributed by atoms with Crippen LogP contribution >= 0.6 is 11.3 Å². The van der Waals surface area contributed by atoms with E-state index in [4.69, 9.17) is 0 Å². The molecule has 1 N–H and O–H groups in total. The van der Waals surface area contributed by atoms with Gasteiger partial charge in [-0.25, -0.2) is 18.1 Å². The predicted octanol–water partition coefficient (Wildman–Crippen LogP) is 1.92. The highest BCUT2D eigenvalue weighted by Crippen LogP contribution is 2.38. The zero-order valence-corrected chi connectivity index (χ0v) is 14.0. The van der Waals surface area contributed by atoms with Gasteiger partial charge in [-0.15, -0.1) is 11.3 Å². The first kappa shape index (κ1) is 15.4. The van der Waals surface area contributed by atoms with E-state index in [2.05, 4.69) is 14.6 Å². The molecular formula is C14H23N3O2S2. The Morgan fingerprint density at radius 1 is 1.43 bits per heavy atom. The molecule has 0 aromatic carbocycles. The van der Waals surface area contributed by atoms with Crippen molar-refractivity contribution in [3.63, 3.8) is 0 Å². The lowest BCUT2D eigenvalue weighted by Gasteiger charge is -2.22. The topological polar surface area (TPSA) is 62.3 Å². The molecule has 2 fully saturated rings. The zero-order chi connectivity index (χ0) is 14.9. The predicted molar refractivity (Wildman–Crippen MR) is 85.0 cm³/mol. The summed E-state index contributed by atoms with van der Waals surface area (Å²) in [5.41, 5.74) is 0. The average molecular weight is 329 g/mol. The second-order valence-corrected chi connectivity index (χ2v) is 9.17. The molecule has 5 nitrogen and oxygen atoms in total. The fourth-order valence-corrected chi connectivity index (χ4v) is 5.56. The van der Waals surface area contributed by atoms with Crippen molar-refractivity contribution in [2.24, 2.45) is 0 Å². The van der Waals surface area contributed by atoms with E-state index < -0.39 is 10.0 Å². The maximum atomic E-state index is 12.0. The third kappa shape index (κ3) is 3.47. The van der Waals surface area contributed by atoms with Gasteiger partial charge in [-0.05, 0) is 25.8 Å². The first-order valence-corrected chi connectivity index (χ1v) is 10.1. The van der Waals surface area contributed by atoms with E-state index in [-0.39, 0.29) is 5.25 Å². The van der Waals surface area contributed by atoms with Gasteiger partial charge >= 0.3 is 0 Å². The van der Waals surface area contributed by atoms with E-state index >= 15 is 0 Å². The van der Waals surface area contributed by atoms with Gasteiger partial charge in [0.1, 0.15) is 0 Å². The molecule has 0 bridgehead atoms. The van der Waals surface area contributed by atoms with Crippen LogP contribution in [-0.4, -0.2) is 43.2 Å². The van der Waals surface area contributed by atoms with Crippen molar-refractivity contribution < 1.29 is 8.42 Å². The minimum absolute atomic E-state index is 0.267. The molecular weight excluding hydrogens is 306 g/mol. The Labute approximate surface area is 130 Å². The van der Waals surface area contributed by atoms with Gasteiger partial charge in [-0.3, -0.25) is 4.90 Å². The molecule has 1 atom stereocenters. The Bertz CT molecular complexity index is 581. The molecule has 21 heavy (non-hydrogen) atoms. The van der Waals surface area contributed by atoms with Gasteiger partial charge in [-0.1, -0.05) is 13.3 Å². The van der Waals surface area contributed by atoms with Crippen LogP contribution in [0.25, 0.3) is 0 Å². The molecule has 1 aromatic rings. The van der Waals surface area contributed by atoms with Crippen LogP contribution in [-0.2, 0) is 16.6 Å². The summed E-state index contributed by atoms with van der Waals surface area (Å²) in [6.07, 6.45) is 6.59. The van der Waals surface area contributed by atoms with Crippen LogP contribution in [0, 0.1) is 0 Å². The third-order valence-corrected chi connectivity index (χ3v) is 7.52. The smallest absolute Gasteiger partial charge is 0.215 e. The van der Waals surface area contributed by atoms with E-state index in [1.165, 1.54) is 29.1 Å². The molecule has 1 aliphatic heterocycles. The van der Waals surface area contributed by atoms with Crippen molar-refractivity contribution in [3.8, 4) is 0 Å². The quantitative estimate of drug-likeness (QED) is 0.866. The number of aromatic nitrogens is 1. The van der Waals surface area contributed by atoms with Crippen molar-refractivity contribution in [2.45, 2.75) is 50.3 Å². The molecule has 1 saturated heterocycles. The highest BCUT2D eigenvalue weighted by Gasteiger charge is 2.32. The van der Waals surface area contributed by atoms with Gasteiger partial charge in [0.15, 0.2) is 0 Å². The second kappa shape index (κ2) is 6.32. The Morgan fingerprint density at radius 2 is 2.24 bits per heavy atom. The van der Waals surface area contributed by atoms with Gasteiger partial charge in [-0.2, -0.15) is 0 Å². The van der Waals surface area contributed by atoms with Crippen molar-refractivity contribution in [2.75, 3.05) is 19.6 Å². The van der Waals surface area contributed by atoms with Crippen LogP contribution in [0.2, 0.25) is 0 Å². The molecule has 118 valence electrons. The van der Waals surface area contributed by atoms with Crippen molar-refractivity contribution in [3.05, 3.63) is 16.1 Å². The first-order valence-electron chi connectivity index (χ1n) is 7.74. The van der Waals surface area contributed by atoms with Gasteiger partial charge in [0.2, 0.25) is 10.0 Å². The number of nitrogens with one attached hydrogen (secondary N) is 1. The SMILES string of the molecule is CCNS(=O)(=O)[C@H]1CCN(Cc2cnc(C3CCC3)s2)C1. The zero-order valence-electron chi connectivity index (χ0n) is 12.4. The Hall–Kier alpha value is -0.500. The van der Waals surface area contributed by atoms with Crippen LogP contribution in [0.3, 0.4) is 0 Å². The maximum Gasteiger partial charge on any atom is 0.215 e. The normalized spacial score (nSPS) is 24.3. The molecule has 2 aliphatic rings. The molecule has 1 saturated carbocycles. The Kier molecular flexibility index (Phi) is 4.63. The number of likely N-dealkylation sites (tertiary alicyclic amines) is 1. The van der Waals surface area contributed by atoms with E-state index in [0.717, 1.165) is 19.5 Å². The molecule has 3 rings (SSSR count). The monoisotopic (exact) mass is 329 g/mol. The van der Waals surface area contributed by atoms with Crippen LogP contribution in [0.4, 0.5) is 0 Å². The van der Waals surface area contributed by atoms with E-state index in [1.54, 1.807) is 11.3 Å². The minimum atomic E-state index is -3.14. The van der Waals surface area contributed by atoms with Crippen molar-refractivity contribution in [1.82, 2.24) is 14.6 Å². The molecule has 7 heteroatoms. The summed E-state index contributed by atoms with van der Waals surface area (Å²) in [4.78, 5) is 8.03. The first-order chi connectivity index (χ1) is 10.1. The summed E-state index contributed by atoms with van der Waals surface area (Å²) in [6.45, 7) is 4.61. The highest BCUT2D eigenvalue weighted by molar-refractivity contribution is 7.90. The highest BCUT2D eigenvalue weighted by atomic mass is 32.2. The maximum absolute atomic E-state index is 12.0. The lowest BCUT2D eigenvalue weighted by atomic mass is 9.86. The van der Waals surface area contributed by atoms with Gasteiger partial charge in [0.05, 0.1) is 10.3 Å². The molecule has 0 spiro atoms. The summed E-state index contributed by atoms with van der Waals surface area (Å²) in [5, 5.41) is 1.00. The van der Waals surface area contributed by atoms with Crippen LogP contribution in [0.15, 0.2) is 6.20 Å². The molecule has 2 heterocycles. The third-order valence-electron chi connectivity index (χ3n) is 4.42. The molecule has 1 aromatic heterocycles. The van der Waals surface area contributed by atoms with Crippen molar-refractivity contribution in [1.29, 1.82) is 0 Å². The van der Waals surface area contributed by atoms with Gasteiger partial charge in [0.25, 0.3) is 0 Å². The molecule has 0 amide bonds. The van der Waals surface area contributed by atoms with E-state index in [9.17, 15) is 8.42 Å². The summed E-state index contributed by atoms with van der Waals surface area (Å²) >= 11 is 1.80. The summed E-state index contributed by atoms with van der Waals surface area (Å²) in [7, 11) is -3.14. The number of rotatable bonds is 6. The number of hydrogen-bond donors (Lipinski definition) is 1. The summed E-state index contributed by atoms with van der Waals surface area (Å²) in [6, 6.07) is 0. The summed E-state index contributed by atoms with van der Waals surface area (Å²) in [5.74, 6) is 0.684. The van der Waals surface area contributed by atoms with Crippen LogP contribution < -0.4 is 4.72 Å². The minimum Gasteiger partial charge on any atom is -0.297 e. The van der Waals surface area contributed by atoms with Crippen LogP contribution in [0.5, 0.6) is 0 Å². The molecule has 0 unspecified atom stereocenters. The fourth-order valence-electron chi connectivity index (χ4n) is 2.97. The summed E-state index contributed by atoms with van der Waals surface area (Å²) < 4.78 is 26.7. The number of nitrogens with zero attached hydrogens (tertiary/aromatic N) is 2. The van der Waals surface area contributed by atoms with Gasteiger partial charge in [0, 0.05) is 36.6 Å². The number of sulfonamides is 1. The number of hydrogen-bond acceptors (Lipinski definition) is 5. The Morgan fingerprint density at radius 3 is 2.90 bits per heavy atom. The number of thiazole rings is 1. The van der Waals surface area contributed by atoms with Gasteiger partial charge < -0.3 is 0 Å². The second-order valence-electron chi connectivity index (χ2n) is 5.98. The van der Waals surface area contributed by atoms with Crippen LogP contribution in [0.1, 0.15) is 48.4 Å². The van der Waals surface area contributed by atoms with E-state index in [0.29, 0.717) is 19.0 Å². The lowest BCUT2D eigenvalue weighted by Crippen LogP contribution is -2.36. The molecule has 1 aliphatic carbocycles. The lowest BCUT2D eigenvalue weighted by molar-refractivity contribution is 0.334. The Balaban J connectivity index is 1.56. The van der Waals surface area contributed by atoms with E-state index in [1.807, 2.05) is 13.1 Å². The standard InChI is InChI=1S/C14H23N3O2S2/c1-2-16-21(18,19)13-6-7-17(10-13)9-12-8-15-14(20-12)11-4-3-5-11/h8,11,13,16H,2-7,9-10H2,1H3/t13-/m0/s1. The fraction of sp³-hybridized carbons (Fsp3) is 0.786.